The second kappa shape index (κ2) is 7.49. The van der Waals surface area contributed by atoms with Crippen LogP contribution in [0.5, 0.6) is 11.5 Å². The molecule has 140 valence electrons. The fraction of sp³-hybridized carbons (Fsp3) is 0.0526. The zero-order chi connectivity index (χ0) is 19.5. The van der Waals surface area contributed by atoms with Gasteiger partial charge >= 0.3 is 0 Å². The number of nitro groups is 1. The highest BCUT2D eigenvalue weighted by Gasteiger charge is 2.13. The molecule has 1 aromatic heterocycles. The van der Waals surface area contributed by atoms with Crippen molar-refractivity contribution in [3.8, 4) is 22.8 Å². The molecular weight excluding hydrogens is 382 g/mol. The van der Waals surface area contributed by atoms with Crippen molar-refractivity contribution in [1.82, 2.24) is 4.98 Å². The first kappa shape index (κ1) is 17.7. The summed E-state index contributed by atoms with van der Waals surface area (Å²) in [6, 6.07) is 11.5. The van der Waals surface area contributed by atoms with Gasteiger partial charge in [0.1, 0.15) is 0 Å². The highest BCUT2D eigenvalue weighted by molar-refractivity contribution is 7.14. The molecule has 1 aliphatic heterocycles. The van der Waals surface area contributed by atoms with Crippen LogP contribution < -0.4 is 14.8 Å². The molecule has 0 saturated carbocycles. The number of rotatable bonds is 5. The van der Waals surface area contributed by atoms with Gasteiger partial charge in [-0.05, 0) is 35.9 Å². The maximum absolute atomic E-state index is 12.1. The Kier molecular flexibility index (Phi) is 4.73. The number of carbonyl (C=O) groups is 1. The molecule has 4 rings (SSSR count). The fourth-order valence-electron chi connectivity index (χ4n) is 2.55. The number of nitro benzene ring substituents is 1. The molecular formula is C19H13N3O5S. The number of benzene rings is 2. The number of hydrogen-bond acceptors (Lipinski definition) is 7. The number of fused-ring (bicyclic) bond motifs is 1. The minimum Gasteiger partial charge on any atom is -0.454 e. The van der Waals surface area contributed by atoms with Crippen LogP contribution >= 0.6 is 11.3 Å². The van der Waals surface area contributed by atoms with E-state index in [1.165, 1.54) is 29.5 Å². The normalized spacial score (nSPS) is 12.3. The van der Waals surface area contributed by atoms with Crippen LogP contribution in [0.4, 0.5) is 10.8 Å². The Labute approximate surface area is 163 Å². The standard InChI is InChI=1S/C19H13N3O5S/c23-18(8-2-12-1-7-16-17(9-12)27-11-26-16)21-19-20-15(10-28-19)13-3-5-14(6-4-13)22(24)25/h1-10H,11H2,(H,20,21,23)/b8-2-. The largest absolute Gasteiger partial charge is 0.454 e. The van der Waals surface area contributed by atoms with Crippen LogP contribution in [0.15, 0.2) is 53.9 Å². The Bertz CT molecular complexity index is 1080. The number of thiazole rings is 1. The lowest BCUT2D eigenvalue weighted by Crippen LogP contribution is -2.07. The van der Waals surface area contributed by atoms with Crippen molar-refractivity contribution in [2.75, 3.05) is 12.1 Å². The second-order valence-corrected chi connectivity index (χ2v) is 6.64. The highest BCUT2D eigenvalue weighted by atomic mass is 32.1. The summed E-state index contributed by atoms with van der Waals surface area (Å²) >= 11 is 1.27. The molecule has 3 aromatic rings. The van der Waals surface area contributed by atoms with Crippen molar-refractivity contribution in [1.29, 1.82) is 0 Å². The van der Waals surface area contributed by atoms with Crippen LogP contribution in [0, 0.1) is 10.1 Å². The Morgan fingerprint density at radius 2 is 1.96 bits per heavy atom. The molecule has 0 saturated heterocycles. The molecule has 1 aliphatic rings. The SMILES string of the molecule is O=C(/C=C\c1ccc2c(c1)OCO2)Nc1nc(-c2ccc([N+](=O)[O-])cc2)cs1. The summed E-state index contributed by atoms with van der Waals surface area (Å²) in [4.78, 5) is 26.7. The smallest absolute Gasteiger partial charge is 0.269 e. The summed E-state index contributed by atoms with van der Waals surface area (Å²) in [6.45, 7) is 0.199. The molecule has 2 aromatic carbocycles. The van der Waals surface area contributed by atoms with Crippen molar-refractivity contribution < 1.29 is 19.2 Å². The van der Waals surface area contributed by atoms with Crippen LogP contribution in [0.25, 0.3) is 17.3 Å². The van der Waals surface area contributed by atoms with Crippen molar-refractivity contribution >= 4 is 34.1 Å². The van der Waals surface area contributed by atoms with Crippen molar-refractivity contribution in [2.24, 2.45) is 0 Å². The topological polar surface area (TPSA) is 104 Å². The predicted molar refractivity (Wildman–Crippen MR) is 104 cm³/mol. The highest BCUT2D eigenvalue weighted by Crippen LogP contribution is 2.32. The van der Waals surface area contributed by atoms with Crippen molar-refractivity contribution in [3.05, 3.63) is 69.6 Å². The van der Waals surface area contributed by atoms with Crippen molar-refractivity contribution in [2.45, 2.75) is 0 Å². The van der Waals surface area contributed by atoms with E-state index >= 15 is 0 Å². The van der Waals surface area contributed by atoms with E-state index in [2.05, 4.69) is 10.3 Å². The summed E-state index contributed by atoms with van der Waals surface area (Å²) in [5.74, 6) is 1.01. The molecule has 0 atom stereocenters. The van der Waals surface area contributed by atoms with E-state index in [0.717, 1.165) is 11.1 Å². The molecule has 0 radical (unpaired) electrons. The summed E-state index contributed by atoms with van der Waals surface area (Å²) in [6.07, 6.45) is 3.08. The van der Waals surface area contributed by atoms with Crippen molar-refractivity contribution in [3.63, 3.8) is 0 Å². The van der Waals surface area contributed by atoms with Gasteiger partial charge < -0.3 is 9.47 Å². The molecule has 2 heterocycles. The van der Waals surface area contributed by atoms with Gasteiger partial charge in [0.25, 0.3) is 5.69 Å². The molecule has 0 bridgehead atoms. The minimum absolute atomic E-state index is 0.0150. The fourth-order valence-corrected chi connectivity index (χ4v) is 3.28. The van der Waals surface area contributed by atoms with Crippen LogP contribution in [0.3, 0.4) is 0 Å². The number of carbonyl (C=O) groups excluding carboxylic acids is 1. The maximum Gasteiger partial charge on any atom is 0.269 e. The Hall–Kier alpha value is -3.72. The van der Waals surface area contributed by atoms with Gasteiger partial charge in [0.05, 0.1) is 10.6 Å². The summed E-state index contributed by atoms with van der Waals surface area (Å²) in [5.41, 5.74) is 2.19. The minimum atomic E-state index is -0.455. The molecule has 0 aliphatic carbocycles. The Morgan fingerprint density at radius 1 is 1.18 bits per heavy atom. The van der Waals surface area contributed by atoms with Gasteiger partial charge in [0, 0.05) is 29.2 Å². The number of ether oxygens (including phenoxy) is 2. The van der Waals surface area contributed by atoms with Gasteiger partial charge in [0.2, 0.25) is 12.7 Å². The second-order valence-electron chi connectivity index (χ2n) is 5.78. The van der Waals surface area contributed by atoms with E-state index in [0.29, 0.717) is 22.3 Å². The van der Waals surface area contributed by atoms with E-state index < -0.39 is 4.92 Å². The van der Waals surface area contributed by atoms with Crippen LogP contribution in [0.2, 0.25) is 0 Å². The molecule has 0 spiro atoms. The number of nitrogens with zero attached hydrogens (tertiary/aromatic N) is 2. The third-order valence-electron chi connectivity index (χ3n) is 3.93. The van der Waals surface area contributed by atoms with E-state index in [9.17, 15) is 14.9 Å². The lowest BCUT2D eigenvalue weighted by atomic mass is 10.1. The molecule has 1 amide bonds. The number of nitrogens with one attached hydrogen (secondary N) is 1. The maximum atomic E-state index is 12.1. The van der Waals surface area contributed by atoms with Gasteiger partial charge in [-0.25, -0.2) is 4.98 Å². The first-order valence-electron chi connectivity index (χ1n) is 8.17. The first-order valence-corrected chi connectivity index (χ1v) is 9.05. The average molecular weight is 395 g/mol. The predicted octanol–water partition coefficient (Wildman–Crippen LogP) is 4.10. The monoisotopic (exact) mass is 395 g/mol. The van der Waals surface area contributed by atoms with Gasteiger partial charge in [-0.15, -0.1) is 11.3 Å². The van der Waals surface area contributed by atoms with Crippen LogP contribution in [-0.4, -0.2) is 22.6 Å². The molecule has 8 nitrogen and oxygen atoms in total. The third kappa shape index (κ3) is 3.84. The number of aromatic nitrogens is 1. The lowest BCUT2D eigenvalue weighted by Gasteiger charge is -1.99. The third-order valence-corrected chi connectivity index (χ3v) is 4.69. The van der Waals surface area contributed by atoms with Gasteiger partial charge in [-0.2, -0.15) is 0 Å². The van der Waals surface area contributed by atoms with E-state index in [1.54, 1.807) is 35.7 Å². The molecule has 28 heavy (non-hydrogen) atoms. The number of anilines is 1. The zero-order valence-electron chi connectivity index (χ0n) is 14.3. The quantitative estimate of drug-likeness (QED) is 0.396. The molecule has 0 unspecified atom stereocenters. The number of non-ortho nitro benzene ring substituents is 1. The number of amides is 1. The Morgan fingerprint density at radius 3 is 2.75 bits per heavy atom. The van der Waals surface area contributed by atoms with E-state index in [1.807, 2.05) is 6.07 Å². The molecule has 0 fully saturated rings. The van der Waals surface area contributed by atoms with Crippen LogP contribution in [-0.2, 0) is 4.79 Å². The van der Waals surface area contributed by atoms with Gasteiger partial charge in [0.15, 0.2) is 16.6 Å². The Balaban J connectivity index is 1.40. The van der Waals surface area contributed by atoms with E-state index in [4.69, 9.17) is 9.47 Å². The molecule has 9 heteroatoms. The van der Waals surface area contributed by atoms with E-state index in [-0.39, 0.29) is 18.4 Å². The lowest BCUT2D eigenvalue weighted by molar-refractivity contribution is -0.384. The zero-order valence-corrected chi connectivity index (χ0v) is 15.1. The van der Waals surface area contributed by atoms with Gasteiger partial charge in [-0.3, -0.25) is 20.2 Å². The average Bonchev–Trinajstić information content (AvgIpc) is 3.35. The van der Waals surface area contributed by atoms with Crippen LogP contribution in [0.1, 0.15) is 5.56 Å². The summed E-state index contributed by atoms with van der Waals surface area (Å²) < 4.78 is 10.6. The molecule has 1 N–H and O–H groups in total. The first-order chi connectivity index (χ1) is 13.6. The summed E-state index contributed by atoms with van der Waals surface area (Å²) in [5, 5.41) is 15.6. The summed E-state index contributed by atoms with van der Waals surface area (Å²) in [7, 11) is 0. The number of hydrogen-bond donors (Lipinski definition) is 1. The van der Waals surface area contributed by atoms with Gasteiger partial charge in [-0.1, -0.05) is 6.07 Å².